The molecule has 2 aromatic rings. The van der Waals surface area contributed by atoms with Crippen molar-refractivity contribution in [3.8, 4) is 0 Å². The highest BCUT2D eigenvalue weighted by atomic mass is 14.3. The molecule has 2 fully saturated rings. The van der Waals surface area contributed by atoms with Crippen molar-refractivity contribution in [3.63, 3.8) is 0 Å². The van der Waals surface area contributed by atoms with Crippen LogP contribution in [0.5, 0.6) is 0 Å². The monoisotopic (exact) mass is 278 g/mol. The molecule has 0 radical (unpaired) electrons. The summed E-state index contributed by atoms with van der Waals surface area (Å²) in [6.07, 6.45) is 6.80. The van der Waals surface area contributed by atoms with Gasteiger partial charge in [-0.05, 0) is 67.6 Å². The van der Waals surface area contributed by atoms with Crippen molar-refractivity contribution in [1.29, 1.82) is 0 Å². The van der Waals surface area contributed by atoms with Crippen LogP contribution in [0.3, 0.4) is 0 Å². The lowest BCUT2D eigenvalue weighted by Gasteiger charge is -2.00. The van der Waals surface area contributed by atoms with E-state index in [1.807, 2.05) is 0 Å². The van der Waals surface area contributed by atoms with Gasteiger partial charge in [-0.3, -0.25) is 0 Å². The van der Waals surface area contributed by atoms with Gasteiger partial charge in [0.05, 0.1) is 0 Å². The zero-order valence-corrected chi connectivity index (χ0v) is 13.3. The number of aryl methyl sites for hydroxylation is 2. The molecule has 2 aliphatic carbocycles. The maximum atomic E-state index is 2.36. The van der Waals surface area contributed by atoms with Crippen LogP contribution in [-0.2, 0) is 6.42 Å². The minimum absolute atomic E-state index is 0.903. The van der Waals surface area contributed by atoms with Crippen LogP contribution in [0, 0.1) is 6.92 Å². The molecule has 0 amide bonds. The summed E-state index contributed by atoms with van der Waals surface area (Å²) in [5, 5.41) is 0. The summed E-state index contributed by atoms with van der Waals surface area (Å²) < 4.78 is 0. The van der Waals surface area contributed by atoms with Gasteiger partial charge in [-0.15, -0.1) is 0 Å². The van der Waals surface area contributed by atoms with Crippen LogP contribution in [0.4, 0.5) is 0 Å². The van der Waals surface area contributed by atoms with Gasteiger partial charge in [-0.2, -0.15) is 0 Å². The Morgan fingerprint density at radius 1 is 0.810 bits per heavy atom. The summed E-state index contributed by atoms with van der Waals surface area (Å²) in [7, 11) is 0. The third-order valence-corrected chi connectivity index (χ3v) is 4.53. The van der Waals surface area contributed by atoms with Gasteiger partial charge >= 0.3 is 0 Å². The van der Waals surface area contributed by atoms with E-state index < -0.39 is 0 Å². The first-order valence-electron chi connectivity index (χ1n) is 8.41. The van der Waals surface area contributed by atoms with E-state index in [-0.39, 0.29) is 0 Å². The van der Waals surface area contributed by atoms with Gasteiger partial charge in [0.15, 0.2) is 0 Å². The van der Waals surface area contributed by atoms with Crippen molar-refractivity contribution in [2.24, 2.45) is 0 Å². The standard InChI is InChI=1S/C11H14.C10H12/c1-2-9-4-3-5-11(8-9)10-6-7-10;1-8-2-4-9(5-3-8)10-6-7-10/h3-5,8,10H,2,6-7H2,1H3;2-5,10H,6-7H2,1H3. The van der Waals surface area contributed by atoms with Crippen molar-refractivity contribution in [2.75, 3.05) is 0 Å². The van der Waals surface area contributed by atoms with E-state index in [9.17, 15) is 0 Å². The van der Waals surface area contributed by atoms with Crippen molar-refractivity contribution in [2.45, 2.75) is 57.8 Å². The van der Waals surface area contributed by atoms with E-state index in [0.29, 0.717) is 0 Å². The molecule has 2 aromatic carbocycles. The number of hydrogen-bond acceptors (Lipinski definition) is 0. The average Bonchev–Trinajstić information content (AvgIpc) is 3.41. The fraction of sp³-hybridized carbons (Fsp3) is 0.429. The Bertz CT molecular complexity index is 571. The van der Waals surface area contributed by atoms with Crippen molar-refractivity contribution < 1.29 is 0 Å². The second kappa shape index (κ2) is 6.47. The van der Waals surface area contributed by atoms with Gasteiger partial charge in [-0.1, -0.05) is 61.0 Å². The predicted octanol–water partition coefficient (Wildman–Crippen LogP) is 6.00. The van der Waals surface area contributed by atoms with Crippen LogP contribution in [-0.4, -0.2) is 0 Å². The molecule has 0 bridgehead atoms. The second-order valence-corrected chi connectivity index (χ2v) is 6.56. The van der Waals surface area contributed by atoms with Crippen LogP contribution in [0.2, 0.25) is 0 Å². The molecule has 2 aliphatic rings. The second-order valence-electron chi connectivity index (χ2n) is 6.56. The zero-order chi connectivity index (χ0) is 14.7. The van der Waals surface area contributed by atoms with Gasteiger partial charge in [0.25, 0.3) is 0 Å². The first-order valence-corrected chi connectivity index (χ1v) is 8.41. The molecule has 0 atom stereocenters. The van der Waals surface area contributed by atoms with Gasteiger partial charge < -0.3 is 0 Å². The van der Waals surface area contributed by atoms with E-state index in [0.717, 1.165) is 11.8 Å². The van der Waals surface area contributed by atoms with Gasteiger partial charge in [0, 0.05) is 0 Å². The Balaban J connectivity index is 0.000000126. The third-order valence-electron chi connectivity index (χ3n) is 4.53. The molecular formula is C21H26. The minimum Gasteiger partial charge on any atom is -0.0617 e. The summed E-state index contributed by atoms with van der Waals surface area (Å²) in [6.45, 7) is 4.35. The molecule has 0 unspecified atom stereocenters. The van der Waals surface area contributed by atoms with E-state index in [1.165, 1.54) is 48.8 Å². The molecule has 0 spiro atoms. The highest BCUT2D eigenvalue weighted by Gasteiger charge is 2.23. The van der Waals surface area contributed by atoms with Crippen molar-refractivity contribution in [1.82, 2.24) is 0 Å². The molecule has 0 N–H and O–H groups in total. The number of hydrogen-bond donors (Lipinski definition) is 0. The molecular weight excluding hydrogens is 252 g/mol. The lowest BCUT2D eigenvalue weighted by molar-refractivity contribution is 1.08. The Labute approximate surface area is 129 Å². The van der Waals surface area contributed by atoms with Crippen molar-refractivity contribution in [3.05, 3.63) is 70.8 Å². The van der Waals surface area contributed by atoms with Crippen LogP contribution < -0.4 is 0 Å². The summed E-state index contributed by atoms with van der Waals surface area (Å²) in [4.78, 5) is 0. The zero-order valence-electron chi connectivity index (χ0n) is 13.3. The Hall–Kier alpha value is -1.56. The molecule has 4 rings (SSSR count). The summed E-state index contributed by atoms with van der Waals surface area (Å²) in [5.41, 5.74) is 5.94. The van der Waals surface area contributed by atoms with Crippen LogP contribution in [0.25, 0.3) is 0 Å². The fourth-order valence-corrected chi connectivity index (χ4v) is 2.74. The summed E-state index contributed by atoms with van der Waals surface area (Å²) >= 11 is 0. The maximum absolute atomic E-state index is 2.36. The van der Waals surface area contributed by atoms with E-state index in [4.69, 9.17) is 0 Å². The van der Waals surface area contributed by atoms with Crippen LogP contribution >= 0.6 is 0 Å². The van der Waals surface area contributed by atoms with Crippen LogP contribution in [0.1, 0.15) is 66.7 Å². The Kier molecular flexibility index (Phi) is 4.43. The third kappa shape index (κ3) is 4.20. The predicted molar refractivity (Wildman–Crippen MR) is 90.9 cm³/mol. The molecule has 21 heavy (non-hydrogen) atoms. The summed E-state index contributed by atoms with van der Waals surface area (Å²) in [5.74, 6) is 1.81. The first-order chi connectivity index (χ1) is 10.3. The van der Waals surface area contributed by atoms with Gasteiger partial charge in [-0.25, -0.2) is 0 Å². The van der Waals surface area contributed by atoms with Gasteiger partial charge in [0.2, 0.25) is 0 Å². The van der Waals surface area contributed by atoms with Gasteiger partial charge in [0.1, 0.15) is 0 Å². The van der Waals surface area contributed by atoms with E-state index in [2.05, 4.69) is 62.4 Å². The molecule has 2 saturated carbocycles. The van der Waals surface area contributed by atoms with Crippen molar-refractivity contribution >= 4 is 0 Å². The number of benzene rings is 2. The molecule has 110 valence electrons. The normalized spacial score (nSPS) is 17.0. The minimum atomic E-state index is 0.903. The highest BCUT2D eigenvalue weighted by Crippen LogP contribution is 2.40. The molecule has 0 saturated heterocycles. The maximum Gasteiger partial charge on any atom is -0.0161 e. The lowest BCUT2D eigenvalue weighted by atomic mass is 10.1. The topological polar surface area (TPSA) is 0 Å². The molecule has 0 nitrogen and oxygen atoms in total. The Morgan fingerprint density at radius 3 is 2.00 bits per heavy atom. The number of rotatable bonds is 3. The SMILES string of the molecule is CCc1cccc(C2CC2)c1.Cc1ccc(C2CC2)cc1. The highest BCUT2D eigenvalue weighted by molar-refractivity contribution is 5.29. The fourth-order valence-electron chi connectivity index (χ4n) is 2.74. The van der Waals surface area contributed by atoms with E-state index >= 15 is 0 Å². The molecule has 0 aliphatic heterocycles. The molecule has 0 heterocycles. The smallest absolute Gasteiger partial charge is 0.0161 e. The lowest BCUT2D eigenvalue weighted by Crippen LogP contribution is -1.83. The molecule has 0 heteroatoms. The van der Waals surface area contributed by atoms with E-state index in [1.54, 1.807) is 5.56 Å². The molecule has 0 aromatic heterocycles. The Morgan fingerprint density at radius 2 is 1.43 bits per heavy atom. The first kappa shape index (κ1) is 14.4. The van der Waals surface area contributed by atoms with Crippen LogP contribution in [0.15, 0.2) is 48.5 Å². The largest absolute Gasteiger partial charge is 0.0617 e. The summed E-state index contributed by atoms with van der Waals surface area (Å²) in [6, 6.07) is 17.9. The quantitative estimate of drug-likeness (QED) is 0.646. The average molecular weight is 278 g/mol.